The van der Waals surface area contributed by atoms with Gasteiger partial charge in [0.2, 0.25) is 0 Å². The molecule has 0 N–H and O–H groups in total. The SMILES string of the molecule is C1=C[C@@H]2C[C@H]1CC2c1ccccc1. The Balaban J connectivity index is 1.92. The number of benzene rings is 1. The van der Waals surface area contributed by atoms with E-state index in [1.54, 1.807) is 5.56 Å². The van der Waals surface area contributed by atoms with Gasteiger partial charge in [0.15, 0.2) is 0 Å². The van der Waals surface area contributed by atoms with E-state index in [1.807, 2.05) is 0 Å². The molecule has 1 aromatic carbocycles. The molecule has 0 radical (unpaired) electrons. The van der Waals surface area contributed by atoms with Crippen LogP contribution in [0.25, 0.3) is 0 Å². The van der Waals surface area contributed by atoms with Crippen LogP contribution in [-0.4, -0.2) is 0 Å². The summed E-state index contributed by atoms with van der Waals surface area (Å²) in [5.74, 6) is 2.54. The van der Waals surface area contributed by atoms with Crippen molar-refractivity contribution < 1.29 is 0 Å². The van der Waals surface area contributed by atoms with E-state index in [-0.39, 0.29) is 0 Å². The van der Waals surface area contributed by atoms with Crippen LogP contribution in [0.4, 0.5) is 0 Å². The predicted molar refractivity (Wildman–Crippen MR) is 54.5 cm³/mol. The minimum absolute atomic E-state index is 0.816. The Morgan fingerprint density at radius 2 is 1.77 bits per heavy atom. The number of allylic oxidation sites excluding steroid dienone is 2. The molecule has 1 saturated carbocycles. The fourth-order valence-corrected chi connectivity index (χ4v) is 2.86. The van der Waals surface area contributed by atoms with Crippen molar-refractivity contribution in [2.75, 3.05) is 0 Å². The molecular formula is C13H14. The van der Waals surface area contributed by atoms with Gasteiger partial charge in [0, 0.05) is 0 Å². The van der Waals surface area contributed by atoms with Crippen LogP contribution >= 0.6 is 0 Å². The third kappa shape index (κ3) is 1.13. The molecule has 0 spiro atoms. The topological polar surface area (TPSA) is 0 Å². The van der Waals surface area contributed by atoms with Gasteiger partial charge in [0.05, 0.1) is 0 Å². The first-order valence-corrected chi connectivity index (χ1v) is 5.17. The Morgan fingerprint density at radius 3 is 2.38 bits per heavy atom. The molecule has 1 fully saturated rings. The molecular weight excluding hydrogens is 156 g/mol. The second-order valence-electron chi connectivity index (χ2n) is 4.30. The minimum Gasteiger partial charge on any atom is -0.0851 e. The Labute approximate surface area is 79.3 Å². The van der Waals surface area contributed by atoms with E-state index < -0.39 is 0 Å². The Kier molecular flexibility index (Phi) is 1.55. The molecule has 0 saturated heterocycles. The van der Waals surface area contributed by atoms with Crippen molar-refractivity contribution >= 4 is 0 Å². The van der Waals surface area contributed by atoms with Crippen molar-refractivity contribution in [3.8, 4) is 0 Å². The molecule has 0 nitrogen and oxygen atoms in total. The van der Waals surface area contributed by atoms with Gasteiger partial charge in [-0.2, -0.15) is 0 Å². The third-order valence-electron chi connectivity index (χ3n) is 3.51. The van der Waals surface area contributed by atoms with Crippen LogP contribution in [0.15, 0.2) is 42.5 Å². The van der Waals surface area contributed by atoms with Crippen LogP contribution < -0.4 is 0 Å². The van der Waals surface area contributed by atoms with Crippen LogP contribution in [-0.2, 0) is 0 Å². The highest BCUT2D eigenvalue weighted by atomic mass is 14.4. The van der Waals surface area contributed by atoms with Gasteiger partial charge in [-0.3, -0.25) is 0 Å². The molecule has 3 atom stereocenters. The molecule has 13 heavy (non-hydrogen) atoms. The first-order valence-electron chi connectivity index (χ1n) is 5.17. The lowest BCUT2D eigenvalue weighted by molar-refractivity contribution is 0.585. The molecule has 0 amide bonds. The molecule has 1 unspecified atom stereocenters. The van der Waals surface area contributed by atoms with Crippen molar-refractivity contribution in [3.05, 3.63) is 48.0 Å². The lowest BCUT2D eigenvalue weighted by Gasteiger charge is -2.17. The van der Waals surface area contributed by atoms with Crippen molar-refractivity contribution in [3.63, 3.8) is 0 Å². The standard InChI is InChI=1S/C13H14/c1-2-4-11(5-3-1)13-9-10-6-7-12(13)8-10/h1-7,10,12-13H,8-9H2/t10-,12+,13?/m0/s1. The zero-order valence-electron chi connectivity index (χ0n) is 7.69. The summed E-state index contributed by atoms with van der Waals surface area (Å²) in [7, 11) is 0. The maximum Gasteiger partial charge on any atom is -0.00932 e. The van der Waals surface area contributed by atoms with Gasteiger partial charge < -0.3 is 0 Å². The number of hydrogen-bond acceptors (Lipinski definition) is 0. The minimum atomic E-state index is 0.816. The summed E-state index contributed by atoms with van der Waals surface area (Å²) >= 11 is 0. The monoisotopic (exact) mass is 170 g/mol. The van der Waals surface area contributed by atoms with Crippen LogP contribution in [0.5, 0.6) is 0 Å². The van der Waals surface area contributed by atoms with E-state index in [4.69, 9.17) is 0 Å². The highest BCUT2D eigenvalue weighted by Gasteiger charge is 2.35. The molecule has 0 heteroatoms. The van der Waals surface area contributed by atoms with Gasteiger partial charge in [0.1, 0.15) is 0 Å². The Bertz CT molecular complexity index is 323. The molecule has 2 bridgehead atoms. The first kappa shape index (κ1) is 7.37. The summed E-state index contributed by atoms with van der Waals surface area (Å²) in [4.78, 5) is 0. The van der Waals surface area contributed by atoms with Gasteiger partial charge in [-0.25, -0.2) is 0 Å². The van der Waals surface area contributed by atoms with Crippen LogP contribution in [0.3, 0.4) is 0 Å². The fraction of sp³-hybridized carbons (Fsp3) is 0.385. The summed E-state index contributed by atoms with van der Waals surface area (Å²) in [6, 6.07) is 11.0. The molecule has 2 aliphatic rings. The summed E-state index contributed by atoms with van der Waals surface area (Å²) in [5.41, 5.74) is 1.54. The van der Waals surface area contributed by atoms with Gasteiger partial charge in [-0.1, -0.05) is 42.5 Å². The van der Waals surface area contributed by atoms with Gasteiger partial charge in [0.25, 0.3) is 0 Å². The number of rotatable bonds is 1. The maximum atomic E-state index is 2.42. The highest BCUT2D eigenvalue weighted by molar-refractivity contribution is 5.27. The lowest BCUT2D eigenvalue weighted by Crippen LogP contribution is -2.04. The van der Waals surface area contributed by atoms with Gasteiger partial charge in [-0.15, -0.1) is 0 Å². The smallest absolute Gasteiger partial charge is 0.00932 e. The molecule has 0 aromatic heterocycles. The molecule has 0 aliphatic heterocycles. The number of fused-ring (bicyclic) bond motifs is 2. The molecule has 66 valence electrons. The second kappa shape index (κ2) is 2.73. The summed E-state index contributed by atoms with van der Waals surface area (Å²) in [6.45, 7) is 0. The summed E-state index contributed by atoms with van der Waals surface area (Å²) in [5, 5.41) is 0. The van der Waals surface area contributed by atoms with Crippen molar-refractivity contribution in [2.24, 2.45) is 11.8 Å². The van der Waals surface area contributed by atoms with Crippen LogP contribution in [0, 0.1) is 11.8 Å². The first-order chi connectivity index (χ1) is 6.43. The van der Waals surface area contributed by atoms with E-state index >= 15 is 0 Å². The zero-order valence-corrected chi connectivity index (χ0v) is 7.69. The van der Waals surface area contributed by atoms with E-state index in [1.165, 1.54) is 12.8 Å². The van der Waals surface area contributed by atoms with Gasteiger partial charge in [-0.05, 0) is 36.2 Å². The average Bonchev–Trinajstić information content (AvgIpc) is 2.80. The highest BCUT2D eigenvalue weighted by Crippen LogP contribution is 2.48. The zero-order chi connectivity index (χ0) is 8.67. The largest absolute Gasteiger partial charge is 0.0851 e. The molecule has 3 rings (SSSR count). The molecule has 2 aliphatic carbocycles. The summed E-state index contributed by atoms with van der Waals surface area (Å²) < 4.78 is 0. The molecule has 0 heterocycles. The maximum absolute atomic E-state index is 2.42. The normalized spacial score (nSPS) is 35.5. The Morgan fingerprint density at radius 1 is 0.923 bits per heavy atom. The summed E-state index contributed by atoms with van der Waals surface area (Å²) in [6.07, 6.45) is 7.61. The third-order valence-corrected chi connectivity index (χ3v) is 3.51. The second-order valence-corrected chi connectivity index (χ2v) is 4.30. The Hall–Kier alpha value is -1.04. The van der Waals surface area contributed by atoms with E-state index in [0.717, 1.165) is 17.8 Å². The number of hydrogen-bond donors (Lipinski definition) is 0. The van der Waals surface area contributed by atoms with E-state index in [0.29, 0.717) is 0 Å². The predicted octanol–water partition coefficient (Wildman–Crippen LogP) is 3.37. The fourth-order valence-electron chi connectivity index (χ4n) is 2.86. The van der Waals surface area contributed by atoms with Gasteiger partial charge >= 0.3 is 0 Å². The van der Waals surface area contributed by atoms with Crippen molar-refractivity contribution in [2.45, 2.75) is 18.8 Å². The lowest BCUT2D eigenvalue weighted by atomic mass is 9.87. The van der Waals surface area contributed by atoms with Crippen molar-refractivity contribution in [1.82, 2.24) is 0 Å². The van der Waals surface area contributed by atoms with E-state index in [9.17, 15) is 0 Å². The average molecular weight is 170 g/mol. The van der Waals surface area contributed by atoms with Crippen LogP contribution in [0.2, 0.25) is 0 Å². The van der Waals surface area contributed by atoms with Crippen LogP contribution in [0.1, 0.15) is 24.3 Å². The van der Waals surface area contributed by atoms with Crippen molar-refractivity contribution in [1.29, 1.82) is 0 Å². The molecule has 1 aromatic rings. The van der Waals surface area contributed by atoms with E-state index in [2.05, 4.69) is 42.5 Å². The quantitative estimate of drug-likeness (QED) is 0.567.